The maximum Gasteiger partial charge on any atom is 0.515 e. The minimum absolute atomic E-state index is 0.239. The molecule has 0 radical (unpaired) electrons. The van der Waals surface area contributed by atoms with Crippen LogP contribution in [0.2, 0.25) is 0 Å². The number of ether oxygens (including phenoxy) is 4. The second-order valence-corrected chi connectivity index (χ2v) is 9.30. The monoisotopic (exact) mass is 525 g/mol. The number of allylic oxidation sites excluding steroid dienone is 3. The summed E-state index contributed by atoms with van der Waals surface area (Å²) in [6.07, 6.45) is 3.30. The summed E-state index contributed by atoms with van der Waals surface area (Å²) in [7, 11) is 0. The third kappa shape index (κ3) is 5.01. The van der Waals surface area contributed by atoms with E-state index in [1.165, 1.54) is 0 Å². The highest BCUT2D eigenvalue weighted by atomic mass is 16.7. The highest BCUT2D eigenvalue weighted by Crippen LogP contribution is 2.53. The van der Waals surface area contributed by atoms with Crippen molar-refractivity contribution in [2.45, 2.75) is 32.0 Å². The van der Waals surface area contributed by atoms with Gasteiger partial charge < -0.3 is 18.9 Å². The lowest BCUT2D eigenvalue weighted by molar-refractivity contribution is -0.147. The van der Waals surface area contributed by atoms with Crippen molar-refractivity contribution < 1.29 is 33.3 Å². The SMILES string of the molecule is CC(C)Oc1ccccc1C1(OC(=O)Oc2ccccc2)C(=O)N(C(=O)Oc2ccccc2)C2=CC=CCC21. The van der Waals surface area contributed by atoms with E-state index in [0.717, 1.165) is 4.90 Å². The number of rotatable bonds is 6. The number of likely N-dealkylation sites (tertiary alicyclic amines) is 1. The van der Waals surface area contributed by atoms with Crippen LogP contribution in [0.3, 0.4) is 0 Å². The first-order valence-electron chi connectivity index (χ1n) is 12.6. The lowest BCUT2D eigenvalue weighted by Crippen LogP contribution is -2.47. The maximum atomic E-state index is 14.4. The van der Waals surface area contributed by atoms with Gasteiger partial charge in [-0.25, -0.2) is 14.5 Å². The molecule has 5 rings (SSSR count). The molecule has 198 valence electrons. The summed E-state index contributed by atoms with van der Waals surface area (Å²) in [5, 5.41) is 0. The summed E-state index contributed by atoms with van der Waals surface area (Å²) >= 11 is 0. The fraction of sp³-hybridized carbons (Fsp3) is 0.194. The van der Waals surface area contributed by atoms with Crippen LogP contribution in [0, 0.1) is 5.92 Å². The largest absolute Gasteiger partial charge is 0.515 e. The number of amides is 2. The van der Waals surface area contributed by atoms with E-state index in [1.807, 2.05) is 19.9 Å². The molecule has 2 amide bonds. The molecule has 8 heteroatoms. The molecular formula is C31H27NO7. The maximum absolute atomic E-state index is 14.4. The zero-order valence-electron chi connectivity index (χ0n) is 21.5. The van der Waals surface area contributed by atoms with Crippen LogP contribution in [0.25, 0.3) is 0 Å². The van der Waals surface area contributed by atoms with Crippen molar-refractivity contribution in [3.63, 3.8) is 0 Å². The van der Waals surface area contributed by atoms with Gasteiger partial charge in [0.15, 0.2) is 0 Å². The van der Waals surface area contributed by atoms with E-state index < -0.39 is 29.7 Å². The minimum Gasteiger partial charge on any atom is -0.491 e. The number of imide groups is 1. The predicted octanol–water partition coefficient (Wildman–Crippen LogP) is 6.39. The predicted molar refractivity (Wildman–Crippen MR) is 142 cm³/mol. The number of fused-ring (bicyclic) bond motifs is 1. The quantitative estimate of drug-likeness (QED) is 0.272. The van der Waals surface area contributed by atoms with Crippen LogP contribution in [0.15, 0.2) is 109 Å². The summed E-state index contributed by atoms with van der Waals surface area (Å²) < 4.78 is 23.0. The van der Waals surface area contributed by atoms with Gasteiger partial charge in [-0.2, -0.15) is 0 Å². The summed E-state index contributed by atoms with van der Waals surface area (Å²) in [5.41, 5.74) is -1.32. The van der Waals surface area contributed by atoms with Gasteiger partial charge in [-0.1, -0.05) is 66.7 Å². The Bertz CT molecular complexity index is 1430. The Labute approximate surface area is 226 Å². The average Bonchev–Trinajstić information content (AvgIpc) is 3.18. The number of hydrogen-bond acceptors (Lipinski definition) is 7. The van der Waals surface area contributed by atoms with Crippen molar-refractivity contribution in [2.75, 3.05) is 0 Å². The van der Waals surface area contributed by atoms with E-state index in [2.05, 4.69) is 0 Å². The topological polar surface area (TPSA) is 91.4 Å². The van der Waals surface area contributed by atoms with E-state index in [9.17, 15) is 14.4 Å². The van der Waals surface area contributed by atoms with E-state index in [4.69, 9.17) is 18.9 Å². The molecule has 2 aliphatic rings. The number of para-hydroxylation sites is 3. The lowest BCUT2D eigenvalue weighted by Gasteiger charge is -2.33. The van der Waals surface area contributed by atoms with E-state index in [-0.39, 0.29) is 17.6 Å². The Balaban J connectivity index is 1.61. The zero-order chi connectivity index (χ0) is 27.4. The number of hydrogen-bond donors (Lipinski definition) is 0. The fourth-order valence-electron chi connectivity index (χ4n) is 4.82. The molecule has 0 saturated carbocycles. The molecule has 1 heterocycles. The molecular weight excluding hydrogens is 498 g/mol. The molecule has 2 atom stereocenters. The molecule has 0 bridgehead atoms. The Kier molecular flexibility index (Phi) is 7.19. The van der Waals surface area contributed by atoms with Crippen LogP contribution in [0.5, 0.6) is 17.2 Å². The second-order valence-electron chi connectivity index (χ2n) is 9.30. The van der Waals surface area contributed by atoms with Gasteiger partial charge in [-0.15, -0.1) is 0 Å². The molecule has 39 heavy (non-hydrogen) atoms. The molecule has 0 aromatic heterocycles. The first kappa shape index (κ1) is 25.8. The standard InChI is InChI=1S/C31H27NO7/c1-21(2)36-27-20-12-10-18-25(27)31(39-30(35)38-23-15-7-4-8-16-23)24-17-9-11-19-26(24)32(28(31)33)29(34)37-22-13-5-3-6-14-22/h3-16,18-21,24H,17H2,1-2H3. The van der Waals surface area contributed by atoms with Crippen LogP contribution in [0.4, 0.5) is 9.59 Å². The Hall–Kier alpha value is -4.85. The molecule has 3 aromatic carbocycles. The number of nitrogens with zero attached hydrogens (tertiary/aromatic N) is 1. The van der Waals surface area contributed by atoms with Gasteiger partial charge in [-0.3, -0.25) is 4.79 Å². The molecule has 1 aliphatic heterocycles. The molecule has 2 unspecified atom stereocenters. The first-order chi connectivity index (χ1) is 18.9. The Morgan fingerprint density at radius 1 is 0.872 bits per heavy atom. The molecule has 0 N–H and O–H groups in total. The molecule has 8 nitrogen and oxygen atoms in total. The second kappa shape index (κ2) is 10.9. The van der Waals surface area contributed by atoms with Crippen molar-refractivity contribution in [1.29, 1.82) is 0 Å². The van der Waals surface area contributed by atoms with Gasteiger partial charge >= 0.3 is 12.2 Å². The van der Waals surface area contributed by atoms with Gasteiger partial charge in [0.2, 0.25) is 5.60 Å². The number of benzene rings is 3. The van der Waals surface area contributed by atoms with Crippen LogP contribution < -0.4 is 14.2 Å². The van der Waals surface area contributed by atoms with Crippen molar-refractivity contribution >= 4 is 18.2 Å². The van der Waals surface area contributed by atoms with E-state index in [0.29, 0.717) is 23.4 Å². The normalized spacial score (nSPS) is 19.8. The highest BCUT2D eigenvalue weighted by Gasteiger charge is 2.64. The van der Waals surface area contributed by atoms with Crippen LogP contribution in [-0.2, 0) is 15.1 Å². The zero-order valence-corrected chi connectivity index (χ0v) is 21.5. The number of carbonyl (C=O) groups excluding carboxylic acids is 3. The van der Waals surface area contributed by atoms with Crippen molar-refractivity contribution in [1.82, 2.24) is 4.90 Å². The number of carbonyl (C=O) groups is 3. The summed E-state index contributed by atoms with van der Waals surface area (Å²) in [6.45, 7) is 3.70. The van der Waals surface area contributed by atoms with Crippen molar-refractivity contribution in [3.8, 4) is 17.2 Å². The molecule has 0 spiro atoms. The van der Waals surface area contributed by atoms with Crippen LogP contribution in [0.1, 0.15) is 25.8 Å². The Morgan fingerprint density at radius 3 is 2.15 bits per heavy atom. The van der Waals surface area contributed by atoms with Gasteiger partial charge in [0.25, 0.3) is 5.91 Å². The third-order valence-electron chi connectivity index (χ3n) is 6.37. The summed E-state index contributed by atoms with van der Waals surface area (Å²) in [4.78, 5) is 42.1. The van der Waals surface area contributed by atoms with Gasteiger partial charge in [0, 0.05) is 11.3 Å². The molecule has 1 aliphatic carbocycles. The van der Waals surface area contributed by atoms with Gasteiger partial charge in [0.05, 0.1) is 12.0 Å². The van der Waals surface area contributed by atoms with Gasteiger partial charge in [0.1, 0.15) is 17.2 Å². The third-order valence-corrected chi connectivity index (χ3v) is 6.37. The fourth-order valence-corrected chi connectivity index (χ4v) is 4.82. The Morgan fingerprint density at radius 2 is 1.49 bits per heavy atom. The van der Waals surface area contributed by atoms with Crippen molar-refractivity contribution in [3.05, 3.63) is 114 Å². The molecule has 3 aromatic rings. The summed E-state index contributed by atoms with van der Waals surface area (Å²) in [6, 6.07) is 23.7. The minimum atomic E-state index is -1.97. The average molecular weight is 526 g/mol. The highest BCUT2D eigenvalue weighted by molar-refractivity contribution is 6.04. The molecule has 1 saturated heterocycles. The van der Waals surface area contributed by atoms with Crippen LogP contribution >= 0.6 is 0 Å². The lowest BCUT2D eigenvalue weighted by atomic mass is 9.78. The van der Waals surface area contributed by atoms with Crippen molar-refractivity contribution in [2.24, 2.45) is 5.92 Å². The van der Waals surface area contributed by atoms with E-state index in [1.54, 1.807) is 97.1 Å². The first-order valence-corrected chi connectivity index (χ1v) is 12.6. The van der Waals surface area contributed by atoms with Crippen LogP contribution in [-0.4, -0.2) is 29.2 Å². The molecule has 1 fully saturated rings. The smallest absolute Gasteiger partial charge is 0.491 e. The van der Waals surface area contributed by atoms with Gasteiger partial charge in [-0.05, 0) is 56.7 Å². The van der Waals surface area contributed by atoms with E-state index >= 15 is 0 Å². The summed E-state index contributed by atoms with van der Waals surface area (Å²) in [5.74, 6) is -0.675.